The molecule has 2 amide bonds. The Bertz CT molecular complexity index is 978. The van der Waals surface area contributed by atoms with E-state index in [1.807, 2.05) is 30.3 Å². The van der Waals surface area contributed by atoms with Crippen molar-refractivity contribution in [3.8, 4) is 5.75 Å². The van der Waals surface area contributed by atoms with E-state index in [1.54, 1.807) is 31.2 Å². The zero-order valence-electron chi connectivity index (χ0n) is 18.5. The van der Waals surface area contributed by atoms with Crippen molar-refractivity contribution in [1.82, 2.24) is 4.90 Å². The predicted octanol–water partition coefficient (Wildman–Crippen LogP) is 2.76. The van der Waals surface area contributed by atoms with Gasteiger partial charge in [-0.15, -0.1) is 0 Å². The molecule has 2 aromatic rings. The van der Waals surface area contributed by atoms with Gasteiger partial charge in [-0.2, -0.15) is 0 Å². The summed E-state index contributed by atoms with van der Waals surface area (Å²) in [4.78, 5) is 25.4. The second-order valence-corrected chi connectivity index (χ2v) is 9.35. The third kappa shape index (κ3) is 8.58. The molecule has 2 aromatic carbocycles. The van der Waals surface area contributed by atoms with Crippen molar-refractivity contribution in [2.75, 3.05) is 24.3 Å². The number of methoxy groups -OCH3 is 1. The van der Waals surface area contributed by atoms with Crippen LogP contribution in [0, 0.1) is 5.92 Å². The third-order valence-corrected chi connectivity index (χ3v) is 6.25. The molecule has 0 spiro atoms. The minimum atomic E-state index is -3.83. The molecule has 0 aliphatic rings. The van der Waals surface area contributed by atoms with Gasteiger partial charge in [0.2, 0.25) is 11.8 Å². The minimum Gasteiger partial charge on any atom is -0.497 e. The Morgan fingerprint density at radius 2 is 1.75 bits per heavy atom. The smallest absolute Gasteiger partial charge is 0.251 e. The lowest BCUT2D eigenvalue weighted by Crippen LogP contribution is -2.39. The van der Waals surface area contributed by atoms with Crippen molar-refractivity contribution >= 4 is 27.5 Å². The van der Waals surface area contributed by atoms with Crippen molar-refractivity contribution in [2.45, 2.75) is 32.6 Å². The fraction of sp³-hybridized carbons (Fsp3) is 0.391. The van der Waals surface area contributed by atoms with Gasteiger partial charge in [0.15, 0.2) is 0 Å². The van der Waals surface area contributed by atoms with Crippen LogP contribution in [0.4, 0.5) is 5.69 Å². The Hall–Kier alpha value is -3.07. The number of aryl methyl sites for hydroxylation is 1. The van der Waals surface area contributed by atoms with E-state index in [4.69, 9.17) is 10.5 Å². The number of benzene rings is 2. The molecule has 174 valence electrons. The van der Waals surface area contributed by atoms with Crippen molar-refractivity contribution in [3.63, 3.8) is 0 Å². The van der Waals surface area contributed by atoms with Gasteiger partial charge in [-0.3, -0.25) is 14.3 Å². The molecule has 2 rings (SSSR count). The van der Waals surface area contributed by atoms with Crippen LogP contribution in [0.2, 0.25) is 0 Å². The average molecular weight is 462 g/mol. The van der Waals surface area contributed by atoms with Crippen molar-refractivity contribution in [2.24, 2.45) is 11.7 Å². The molecule has 0 heterocycles. The highest BCUT2D eigenvalue weighted by Crippen LogP contribution is 2.17. The van der Waals surface area contributed by atoms with Crippen LogP contribution >= 0.6 is 0 Å². The topological polar surface area (TPSA) is 119 Å². The quantitative estimate of drug-likeness (QED) is 0.475. The first kappa shape index (κ1) is 25.2. The monoisotopic (exact) mass is 461 g/mol. The standard InChI is InChI=1S/C23H31N3O5S/c1-18(23(24)28)10-15-22(27)26(16-6-9-19-7-4-3-5-8-19)17-32(29,30)25-20-11-13-21(31-2)14-12-20/h3-5,7-8,11-14,18,25H,6,9-10,15-17H2,1-2H3,(H2,24,28). The largest absolute Gasteiger partial charge is 0.497 e. The van der Waals surface area contributed by atoms with Crippen LogP contribution < -0.4 is 15.2 Å². The fourth-order valence-corrected chi connectivity index (χ4v) is 4.34. The van der Waals surface area contributed by atoms with Crippen LogP contribution in [-0.4, -0.2) is 44.7 Å². The van der Waals surface area contributed by atoms with Crippen molar-refractivity contribution in [3.05, 3.63) is 60.2 Å². The van der Waals surface area contributed by atoms with Crippen LogP contribution in [-0.2, 0) is 26.0 Å². The van der Waals surface area contributed by atoms with E-state index in [0.717, 1.165) is 5.56 Å². The molecule has 0 aliphatic heterocycles. The number of carbonyl (C=O) groups excluding carboxylic acids is 2. The van der Waals surface area contributed by atoms with Gasteiger partial charge < -0.3 is 15.4 Å². The Balaban J connectivity index is 2.04. The zero-order valence-corrected chi connectivity index (χ0v) is 19.3. The Morgan fingerprint density at radius 1 is 1.09 bits per heavy atom. The summed E-state index contributed by atoms with van der Waals surface area (Å²) in [5.74, 6) is -1.14. The van der Waals surface area contributed by atoms with Gasteiger partial charge in [-0.1, -0.05) is 37.3 Å². The van der Waals surface area contributed by atoms with E-state index in [9.17, 15) is 18.0 Å². The van der Waals surface area contributed by atoms with E-state index in [1.165, 1.54) is 12.0 Å². The highest BCUT2D eigenvalue weighted by molar-refractivity contribution is 7.92. The predicted molar refractivity (Wildman–Crippen MR) is 124 cm³/mol. The molecule has 1 unspecified atom stereocenters. The van der Waals surface area contributed by atoms with Gasteiger partial charge in [0.05, 0.1) is 7.11 Å². The third-order valence-electron chi connectivity index (χ3n) is 5.06. The molecule has 0 aromatic heterocycles. The van der Waals surface area contributed by atoms with E-state index >= 15 is 0 Å². The molecule has 0 radical (unpaired) electrons. The van der Waals surface area contributed by atoms with Gasteiger partial charge in [0, 0.05) is 24.6 Å². The molecule has 0 aliphatic carbocycles. The highest BCUT2D eigenvalue weighted by atomic mass is 32.2. The normalized spacial score (nSPS) is 12.1. The number of carbonyl (C=O) groups is 2. The molecular weight excluding hydrogens is 430 g/mol. The number of nitrogens with one attached hydrogen (secondary N) is 1. The maximum absolute atomic E-state index is 12.8. The Labute approximate surface area is 189 Å². The van der Waals surface area contributed by atoms with Gasteiger partial charge in [0.25, 0.3) is 10.0 Å². The molecule has 0 bridgehead atoms. The summed E-state index contributed by atoms with van der Waals surface area (Å²) < 4.78 is 33.0. The van der Waals surface area contributed by atoms with E-state index < -0.39 is 27.7 Å². The maximum Gasteiger partial charge on any atom is 0.251 e. The molecule has 0 saturated heterocycles. The van der Waals surface area contributed by atoms with Crippen LogP contribution in [0.1, 0.15) is 31.7 Å². The van der Waals surface area contributed by atoms with Gasteiger partial charge in [-0.25, -0.2) is 8.42 Å². The SMILES string of the molecule is COc1ccc(NS(=O)(=O)CN(CCCc2ccccc2)C(=O)CCC(C)C(N)=O)cc1. The van der Waals surface area contributed by atoms with Crippen LogP contribution in [0.15, 0.2) is 54.6 Å². The fourth-order valence-electron chi connectivity index (χ4n) is 3.10. The Morgan fingerprint density at radius 3 is 2.34 bits per heavy atom. The molecule has 32 heavy (non-hydrogen) atoms. The number of hydrogen-bond donors (Lipinski definition) is 2. The molecule has 8 nitrogen and oxygen atoms in total. The molecule has 9 heteroatoms. The molecule has 1 atom stereocenters. The number of anilines is 1. The van der Waals surface area contributed by atoms with Gasteiger partial charge in [0.1, 0.15) is 11.6 Å². The number of amides is 2. The zero-order chi connectivity index (χ0) is 23.6. The summed E-state index contributed by atoms with van der Waals surface area (Å²) in [6.07, 6.45) is 1.65. The van der Waals surface area contributed by atoms with Crippen molar-refractivity contribution in [1.29, 1.82) is 0 Å². The minimum absolute atomic E-state index is 0.0491. The first-order valence-electron chi connectivity index (χ1n) is 10.5. The second kappa shape index (κ2) is 12.1. The highest BCUT2D eigenvalue weighted by Gasteiger charge is 2.22. The Kier molecular flexibility index (Phi) is 9.52. The van der Waals surface area contributed by atoms with Gasteiger partial charge >= 0.3 is 0 Å². The van der Waals surface area contributed by atoms with Crippen LogP contribution in [0.3, 0.4) is 0 Å². The lowest BCUT2D eigenvalue weighted by Gasteiger charge is -2.23. The second-order valence-electron chi connectivity index (χ2n) is 7.66. The summed E-state index contributed by atoms with van der Waals surface area (Å²) in [6, 6.07) is 16.2. The van der Waals surface area contributed by atoms with Gasteiger partial charge in [-0.05, 0) is 49.1 Å². The van der Waals surface area contributed by atoms with E-state index in [2.05, 4.69) is 4.72 Å². The lowest BCUT2D eigenvalue weighted by atomic mass is 10.0. The number of primary amides is 1. The number of sulfonamides is 1. The molecule has 0 fully saturated rings. The van der Waals surface area contributed by atoms with E-state index in [0.29, 0.717) is 24.3 Å². The number of nitrogens with two attached hydrogens (primary N) is 1. The summed E-state index contributed by atoms with van der Waals surface area (Å²) in [5, 5.41) is 0. The lowest BCUT2D eigenvalue weighted by molar-refractivity contribution is -0.131. The summed E-state index contributed by atoms with van der Waals surface area (Å²) >= 11 is 0. The number of hydrogen-bond acceptors (Lipinski definition) is 5. The first-order valence-corrected chi connectivity index (χ1v) is 12.1. The number of nitrogens with zero attached hydrogens (tertiary/aromatic N) is 1. The first-order chi connectivity index (χ1) is 15.2. The molecular formula is C23H31N3O5S. The summed E-state index contributed by atoms with van der Waals surface area (Å²) in [5.41, 5.74) is 6.76. The van der Waals surface area contributed by atoms with Crippen LogP contribution in [0.25, 0.3) is 0 Å². The average Bonchev–Trinajstić information content (AvgIpc) is 2.77. The number of rotatable bonds is 13. The summed E-state index contributed by atoms with van der Waals surface area (Å²) in [6.45, 7) is 1.93. The molecule has 3 N–H and O–H groups in total. The number of ether oxygens (including phenoxy) is 1. The van der Waals surface area contributed by atoms with E-state index in [-0.39, 0.29) is 25.3 Å². The summed E-state index contributed by atoms with van der Waals surface area (Å²) in [7, 11) is -2.30. The maximum atomic E-state index is 12.8. The molecule has 0 saturated carbocycles. The van der Waals surface area contributed by atoms with Crippen molar-refractivity contribution < 1.29 is 22.7 Å². The van der Waals surface area contributed by atoms with Crippen LogP contribution in [0.5, 0.6) is 5.75 Å².